The Labute approximate surface area is 134 Å². The molecule has 0 aliphatic carbocycles. The topological polar surface area (TPSA) is 165 Å². The Kier molecular flexibility index (Phi) is 10.4. The van der Waals surface area contributed by atoms with Gasteiger partial charge in [0.15, 0.2) is 0 Å². The quantitative estimate of drug-likeness (QED) is 0.284. The smallest absolute Gasteiger partial charge is 0.0547 e. The van der Waals surface area contributed by atoms with Gasteiger partial charge in [-0.25, -0.2) is 0 Å². The zero-order valence-corrected chi connectivity index (χ0v) is 13.8. The molecule has 0 aromatic rings. The van der Waals surface area contributed by atoms with Gasteiger partial charge in [0.25, 0.3) is 0 Å². The summed E-state index contributed by atoms with van der Waals surface area (Å²) in [5, 5.41) is 10.8. The van der Waals surface area contributed by atoms with Crippen molar-refractivity contribution in [1.82, 2.24) is 0 Å². The minimum absolute atomic E-state index is 0.0928. The SMILES string of the molecule is CCC(C)(CN=[N+]=[N-])COCC(CN=[N+]=[N-])(CN=[N+]=[N-])COC. The summed E-state index contributed by atoms with van der Waals surface area (Å²) in [6, 6.07) is 0. The fourth-order valence-corrected chi connectivity index (χ4v) is 1.92. The number of ether oxygens (including phenoxy) is 2. The normalized spacial score (nSPS) is 15.3. The highest BCUT2D eigenvalue weighted by Gasteiger charge is 2.31. The Morgan fingerprint density at radius 3 is 1.83 bits per heavy atom. The van der Waals surface area contributed by atoms with Gasteiger partial charge < -0.3 is 9.47 Å². The zero-order valence-electron chi connectivity index (χ0n) is 13.8. The first-order valence-corrected chi connectivity index (χ1v) is 7.10. The predicted molar refractivity (Wildman–Crippen MR) is 85.6 cm³/mol. The van der Waals surface area contributed by atoms with Crippen LogP contribution in [0.3, 0.4) is 0 Å². The molecule has 128 valence electrons. The van der Waals surface area contributed by atoms with E-state index in [2.05, 4.69) is 30.1 Å². The fraction of sp³-hybridized carbons (Fsp3) is 1.00. The van der Waals surface area contributed by atoms with Crippen LogP contribution in [-0.2, 0) is 9.47 Å². The number of methoxy groups -OCH3 is 1. The van der Waals surface area contributed by atoms with Crippen LogP contribution in [0.2, 0.25) is 0 Å². The van der Waals surface area contributed by atoms with Crippen molar-refractivity contribution in [2.45, 2.75) is 20.3 Å². The van der Waals surface area contributed by atoms with Crippen LogP contribution in [0.5, 0.6) is 0 Å². The molecule has 1 atom stereocenters. The molecular formula is C12H23N9O2. The van der Waals surface area contributed by atoms with Crippen LogP contribution >= 0.6 is 0 Å². The first-order chi connectivity index (χ1) is 11.0. The van der Waals surface area contributed by atoms with E-state index in [0.717, 1.165) is 6.42 Å². The maximum Gasteiger partial charge on any atom is 0.0547 e. The molecule has 11 nitrogen and oxygen atoms in total. The third kappa shape index (κ3) is 8.15. The van der Waals surface area contributed by atoms with Crippen LogP contribution in [0, 0.1) is 10.8 Å². The molecule has 0 fully saturated rings. The summed E-state index contributed by atoms with van der Waals surface area (Å²) in [6.45, 7) is 5.24. The average molecular weight is 325 g/mol. The molecule has 0 saturated heterocycles. The number of hydrogen-bond acceptors (Lipinski definition) is 5. The Morgan fingerprint density at radius 2 is 1.39 bits per heavy atom. The Bertz CT molecular complexity index is 473. The molecule has 0 aromatic heterocycles. The van der Waals surface area contributed by atoms with E-state index >= 15 is 0 Å². The summed E-state index contributed by atoms with van der Waals surface area (Å²) in [5.41, 5.74) is 24.5. The van der Waals surface area contributed by atoms with Gasteiger partial charge in [0.2, 0.25) is 0 Å². The highest BCUT2D eigenvalue weighted by Crippen LogP contribution is 2.25. The van der Waals surface area contributed by atoms with Crippen LogP contribution in [0.4, 0.5) is 0 Å². The molecule has 0 radical (unpaired) electrons. The van der Waals surface area contributed by atoms with Gasteiger partial charge in [0.05, 0.1) is 19.8 Å². The van der Waals surface area contributed by atoms with Gasteiger partial charge in [0, 0.05) is 46.9 Å². The summed E-state index contributed by atoms with van der Waals surface area (Å²) in [7, 11) is 1.51. The molecule has 0 bridgehead atoms. The van der Waals surface area contributed by atoms with Crippen molar-refractivity contribution in [3.8, 4) is 0 Å². The molecule has 0 spiro atoms. The number of nitrogens with zero attached hydrogens (tertiary/aromatic N) is 9. The molecule has 0 aliphatic rings. The van der Waals surface area contributed by atoms with Gasteiger partial charge in [-0.3, -0.25) is 0 Å². The summed E-state index contributed by atoms with van der Waals surface area (Å²) in [5.74, 6) is 0. The van der Waals surface area contributed by atoms with Gasteiger partial charge in [-0.05, 0) is 28.4 Å². The molecule has 0 amide bonds. The maximum absolute atomic E-state index is 8.54. The minimum Gasteiger partial charge on any atom is -0.384 e. The van der Waals surface area contributed by atoms with Gasteiger partial charge in [0.1, 0.15) is 0 Å². The molecule has 0 saturated carbocycles. The Balaban J connectivity index is 4.95. The highest BCUT2D eigenvalue weighted by molar-refractivity contribution is 4.85. The van der Waals surface area contributed by atoms with Crippen molar-refractivity contribution in [2.75, 3.05) is 46.6 Å². The van der Waals surface area contributed by atoms with Crippen molar-refractivity contribution in [3.63, 3.8) is 0 Å². The van der Waals surface area contributed by atoms with Gasteiger partial charge >= 0.3 is 0 Å². The van der Waals surface area contributed by atoms with Crippen LogP contribution in [0.1, 0.15) is 20.3 Å². The van der Waals surface area contributed by atoms with Crippen molar-refractivity contribution in [2.24, 2.45) is 26.2 Å². The molecular weight excluding hydrogens is 302 g/mol. The van der Waals surface area contributed by atoms with Crippen molar-refractivity contribution >= 4 is 0 Å². The molecule has 0 N–H and O–H groups in total. The van der Waals surface area contributed by atoms with E-state index in [9.17, 15) is 0 Å². The lowest BCUT2D eigenvalue weighted by atomic mass is 9.88. The van der Waals surface area contributed by atoms with E-state index < -0.39 is 5.41 Å². The van der Waals surface area contributed by atoms with Crippen molar-refractivity contribution < 1.29 is 9.47 Å². The second-order valence-corrected chi connectivity index (χ2v) is 5.76. The van der Waals surface area contributed by atoms with Crippen LogP contribution < -0.4 is 0 Å². The van der Waals surface area contributed by atoms with E-state index in [1.165, 1.54) is 7.11 Å². The van der Waals surface area contributed by atoms with Gasteiger partial charge in [-0.15, -0.1) is 0 Å². The number of azide groups is 3. The zero-order chi connectivity index (χ0) is 17.6. The molecule has 0 aromatic carbocycles. The van der Waals surface area contributed by atoms with Gasteiger partial charge in [-0.2, -0.15) is 0 Å². The summed E-state index contributed by atoms with van der Waals surface area (Å²) in [4.78, 5) is 8.27. The van der Waals surface area contributed by atoms with Crippen LogP contribution in [0.25, 0.3) is 31.3 Å². The van der Waals surface area contributed by atoms with Crippen molar-refractivity contribution in [3.05, 3.63) is 31.3 Å². The standard InChI is InChI=1S/C12H23N9O2/c1-4-11(2,5-16-19-13)8-23-10-12(9-22-3,6-17-20-14)7-18-21-15/h4-10H2,1-3H3. The van der Waals surface area contributed by atoms with Crippen LogP contribution in [0.15, 0.2) is 15.3 Å². The van der Waals surface area contributed by atoms with E-state index in [1.807, 2.05) is 13.8 Å². The third-order valence-electron chi connectivity index (χ3n) is 3.62. The summed E-state index contributed by atoms with van der Waals surface area (Å²) >= 11 is 0. The minimum atomic E-state index is -0.722. The summed E-state index contributed by atoms with van der Waals surface area (Å²) < 4.78 is 10.9. The third-order valence-corrected chi connectivity index (χ3v) is 3.62. The highest BCUT2D eigenvalue weighted by atomic mass is 16.5. The molecule has 0 heterocycles. The maximum atomic E-state index is 8.54. The molecule has 0 rings (SSSR count). The van der Waals surface area contributed by atoms with E-state index in [-0.39, 0.29) is 31.7 Å². The largest absolute Gasteiger partial charge is 0.384 e. The van der Waals surface area contributed by atoms with E-state index in [0.29, 0.717) is 13.2 Å². The summed E-state index contributed by atoms with van der Waals surface area (Å²) in [6.07, 6.45) is 0.774. The molecule has 11 heteroatoms. The van der Waals surface area contributed by atoms with E-state index in [1.54, 1.807) is 0 Å². The first kappa shape index (κ1) is 20.9. The fourth-order valence-electron chi connectivity index (χ4n) is 1.92. The molecule has 0 aliphatic heterocycles. The van der Waals surface area contributed by atoms with Crippen LogP contribution in [-0.4, -0.2) is 46.6 Å². The Hall–Kier alpha value is -2.15. The average Bonchev–Trinajstić information content (AvgIpc) is 2.56. The van der Waals surface area contributed by atoms with Crippen molar-refractivity contribution in [1.29, 1.82) is 0 Å². The van der Waals surface area contributed by atoms with Gasteiger partial charge in [-0.1, -0.05) is 29.2 Å². The Morgan fingerprint density at radius 1 is 0.870 bits per heavy atom. The lowest BCUT2D eigenvalue weighted by molar-refractivity contribution is -0.0257. The second-order valence-electron chi connectivity index (χ2n) is 5.76. The monoisotopic (exact) mass is 325 g/mol. The number of rotatable bonds is 13. The second kappa shape index (κ2) is 11.4. The van der Waals surface area contributed by atoms with E-state index in [4.69, 9.17) is 26.1 Å². The lowest BCUT2D eigenvalue weighted by Crippen LogP contribution is -2.39. The molecule has 1 unspecified atom stereocenters. The lowest BCUT2D eigenvalue weighted by Gasteiger charge is -2.32. The predicted octanol–water partition coefficient (Wildman–Crippen LogP) is 3.98. The number of hydrogen-bond donors (Lipinski definition) is 0. The molecule has 23 heavy (non-hydrogen) atoms. The first-order valence-electron chi connectivity index (χ1n) is 7.10.